The zero-order chi connectivity index (χ0) is 21.2. The Balaban J connectivity index is 1.18. The van der Waals surface area contributed by atoms with Crippen LogP contribution in [0.3, 0.4) is 0 Å². The number of hydrogen-bond acceptors (Lipinski definition) is 4. The molecule has 7 nitrogen and oxygen atoms in total. The zero-order valence-corrected chi connectivity index (χ0v) is 17.3. The Bertz CT molecular complexity index is 1130. The van der Waals surface area contributed by atoms with Crippen molar-refractivity contribution in [2.45, 2.75) is 19.3 Å². The van der Waals surface area contributed by atoms with E-state index in [9.17, 15) is 9.59 Å². The van der Waals surface area contributed by atoms with Gasteiger partial charge in [-0.25, -0.2) is 4.99 Å². The van der Waals surface area contributed by atoms with Gasteiger partial charge in [0.05, 0.1) is 6.54 Å². The summed E-state index contributed by atoms with van der Waals surface area (Å²) < 4.78 is 0. The number of carbonyl (C=O) groups excluding carboxylic acids is 2. The molecular formula is C24H25N5O2. The number of nitrogens with zero attached hydrogens (tertiary/aromatic N) is 4. The molecule has 0 radical (unpaired) electrons. The van der Waals surface area contributed by atoms with E-state index in [1.54, 1.807) is 17.3 Å². The van der Waals surface area contributed by atoms with Crippen LogP contribution in [0.15, 0.2) is 60.0 Å². The van der Waals surface area contributed by atoms with Crippen LogP contribution in [-0.4, -0.2) is 58.6 Å². The number of amides is 2. The number of anilines is 1. The molecule has 2 aliphatic heterocycles. The third-order valence-corrected chi connectivity index (χ3v) is 6.27. The predicted molar refractivity (Wildman–Crippen MR) is 120 cm³/mol. The topological polar surface area (TPSA) is 81.7 Å². The summed E-state index contributed by atoms with van der Waals surface area (Å²) in [6.07, 6.45) is 7.72. The van der Waals surface area contributed by atoms with Gasteiger partial charge in [0, 0.05) is 73.0 Å². The van der Waals surface area contributed by atoms with Gasteiger partial charge in [0.25, 0.3) is 5.91 Å². The Labute approximate surface area is 180 Å². The first-order valence-electron chi connectivity index (χ1n) is 10.8. The van der Waals surface area contributed by atoms with Gasteiger partial charge >= 0.3 is 0 Å². The number of aromatic amines is 1. The van der Waals surface area contributed by atoms with E-state index in [1.165, 1.54) is 0 Å². The lowest BCUT2D eigenvalue weighted by atomic mass is 9.95. The fraction of sp³-hybridized carbons (Fsp3) is 0.333. The summed E-state index contributed by atoms with van der Waals surface area (Å²) in [6, 6.07) is 11.7. The maximum atomic E-state index is 12.9. The predicted octanol–water partition coefficient (Wildman–Crippen LogP) is 3.29. The normalized spacial score (nSPS) is 18.8. The summed E-state index contributed by atoms with van der Waals surface area (Å²) in [4.78, 5) is 41.3. The molecule has 2 fully saturated rings. The average molecular weight is 415 g/mol. The molecule has 5 rings (SSSR count). The second-order valence-electron chi connectivity index (χ2n) is 8.24. The lowest BCUT2D eigenvalue weighted by Crippen LogP contribution is -2.36. The number of H-pyrrole nitrogens is 1. The fourth-order valence-corrected chi connectivity index (χ4v) is 4.46. The van der Waals surface area contributed by atoms with E-state index in [1.807, 2.05) is 42.6 Å². The second kappa shape index (κ2) is 8.34. The van der Waals surface area contributed by atoms with E-state index < -0.39 is 0 Å². The van der Waals surface area contributed by atoms with Crippen LogP contribution < -0.4 is 4.90 Å². The molecule has 0 atom stereocenters. The molecule has 1 aromatic carbocycles. The monoisotopic (exact) mass is 415 g/mol. The number of aromatic nitrogens is 2. The average Bonchev–Trinajstić information content (AvgIpc) is 3.48. The van der Waals surface area contributed by atoms with Crippen molar-refractivity contribution in [1.82, 2.24) is 14.9 Å². The molecule has 0 unspecified atom stereocenters. The molecule has 31 heavy (non-hydrogen) atoms. The summed E-state index contributed by atoms with van der Waals surface area (Å²) in [5.41, 5.74) is 3.57. The summed E-state index contributed by atoms with van der Waals surface area (Å²) in [6.45, 7) is 2.73. The van der Waals surface area contributed by atoms with Crippen LogP contribution in [0.4, 0.5) is 5.69 Å². The van der Waals surface area contributed by atoms with Crippen molar-refractivity contribution in [1.29, 1.82) is 0 Å². The van der Waals surface area contributed by atoms with Gasteiger partial charge in [0.15, 0.2) is 0 Å². The Kier molecular flexibility index (Phi) is 5.24. The molecule has 158 valence electrons. The molecule has 0 aliphatic carbocycles. The molecule has 2 aliphatic rings. The van der Waals surface area contributed by atoms with E-state index in [0.29, 0.717) is 25.1 Å². The molecule has 7 heteroatoms. The highest BCUT2D eigenvalue weighted by Crippen LogP contribution is 2.24. The van der Waals surface area contributed by atoms with Crippen molar-refractivity contribution in [3.8, 4) is 0 Å². The van der Waals surface area contributed by atoms with E-state index in [0.717, 1.165) is 48.2 Å². The molecule has 3 aromatic rings. The van der Waals surface area contributed by atoms with Crippen LogP contribution in [-0.2, 0) is 4.79 Å². The molecule has 2 amide bonds. The van der Waals surface area contributed by atoms with Gasteiger partial charge in [-0.15, -0.1) is 0 Å². The Morgan fingerprint density at radius 3 is 2.65 bits per heavy atom. The third-order valence-electron chi connectivity index (χ3n) is 6.27. The summed E-state index contributed by atoms with van der Waals surface area (Å²) in [5.74, 6) is -0.0862. The lowest BCUT2D eigenvalue weighted by Gasteiger charge is -2.32. The lowest BCUT2D eigenvalue weighted by molar-refractivity contribution is -0.122. The minimum Gasteiger partial charge on any atom is -0.371 e. The molecule has 2 saturated heterocycles. The molecule has 1 N–H and O–H groups in total. The largest absolute Gasteiger partial charge is 0.371 e. The third kappa shape index (κ3) is 4.08. The van der Waals surface area contributed by atoms with Crippen molar-refractivity contribution in [3.63, 3.8) is 0 Å². The SMILES string of the molecule is O=C(N=C1CCN(C(=O)c2ccc3cc[nH]c3c2)C1)C1CCN(c2ccncc2)CC1. The van der Waals surface area contributed by atoms with Crippen LogP contribution in [0.25, 0.3) is 10.9 Å². The molecule has 0 bridgehead atoms. The highest BCUT2D eigenvalue weighted by molar-refractivity contribution is 6.04. The van der Waals surface area contributed by atoms with Gasteiger partial charge in [-0.1, -0.05) is 6.07 Å². The standard InChI is InChI=1S/C24H25N5O2/c30-23(18-6-12-28(13-7-18)21-4-9-25-10-5-21)27-20-8-14-29(16-20)24(31)19-2-1-17-3-11-26-22(17)15-19/h1-5,9-11,15,18,26H,6-8,12-14,16H2. The van der Waals surface area contributed by atoms with Crippen molar-refractivity contribution in [2.24, 2.45) is 10.9 Å². The number of likely N-dealkylation sites (tertiary alicyclic amines) is 1. The van der Waals surface area contributed by atoms with Gasteiger partial charge in [0.1, 0.15) is 0 Å². The first-order chi connectivity index (χ1) is 15.2. The molecule has 2 aromatic heterocycles. The summed E-state index contributed by atoms with van der Waals surface area (Å²) in [7, 11) is 0. The quantitative estimate of drug-likeness (QED) is 0.712. The molecule has 0 spiro atoms. The zero-order valence-electron chi connectivity index (χ0n) is 17.3. The Morgan fingerprint density at radius 1 is 1.03 bits per heavy atom. The van der Waals surface area contributed by atoms with Crippen molar-refractivity contribution in [2.75, 3.05) is 31.1 Å². The van der Waals surface area contributed by atoms with Gasteiger partial charge in [-0.05, 0) is 48.6 Å². The van der Waals surface area contributed by atoms with Crippen molar-refractivity contribution >= 4 is 34.1 Å². The van der Waals surface area contributed by atoms with E-state index in [-0.39, 0.29) is 17.7 Å². The molecule has 4 heterocycles. The van der Waals surface area contributed by atoms with Gasteiger partial charge < -0.3 is 14.8 Å². The second-order valence-corrected chi connectivity index (χ2v) is 8.24. The highest BCUT2D eigenvalue weighted by Gasteiger charge is 2.28. The fourth-order valence-electron chi connectivity index (χ4n) is 4.46. The van der Waals surface area contributed by atoms with E-state index >= 15 is 0 Å². The number of aliphatic imine (C=N–C) groups is 1. The van der Waals surface area contributed by atoms with Crippen LogP contribution in [0, 0.1) is 5.92 Å². The number of rotatable bonds is 3. The van der Waals surface area contributed by atoms with Gasteiger partial charge in [-0.2, -0.15) is 0 Å². The Hall–Kier alpha value is -3.48. The van der Waals surface area contributed by atoms with Gasteiger partial charge in [-0.3, -0.25) is 14.6 Å². The number of hydrogen-bond donors (Lipinski definition) is 1. The van der Waals surface area contributed by atoms with E-state index in [4.69, 9.17) is 0 Å². The minimum absolute atomic E-state index is 0.0141. The molecule has 0 saturated carbocycles. The first-order valence-corrected chi connectivity index (χ1v) is 10.8. The Morgan fingerprint density at radius 2 is 1.84 bits per heavy atom. The van der Waals surface area contributed by atoms with Crippen LogP contribution in [0.2, 0.25) is 0 Å². The first kappa shape index (κ1) is 19.5. The number of pyridine rings is 1. The maximum Gasteiger partial charge on any atom is 0.254 e. The number of carbonyl (C=O) groups is 2. The number of nitrogens with one attached hydrogen (secondary N) is 1. The van der Waals surface area contributed by atoms with Crippen LogP contribution >= 0.6 is 0 Å². The van der Waals surface area contributed by atoms with E-state index in [2.05, 4.69) is 19.9 Å². The van der Waals surface area contributed by atoms with Crippen LogP contribution in [0.5, 0.6) is 0 Å². The molecular weight excluding hydrogens is 390 g/mol. The van der Waals surface area contributed by atoms with Gasteiger partial charge in [0.2, 0.25) is 5.91 Å². The minimum atomic E-state index is -0.0365. The number of fused-ring (bicyclic) bond motifs is 1. The van der Waals surface area contributed by atoms with Crippen molar-refractivity contribution < 1.29 is 9.59 Å². The number of piperidine rings is 1. The van der Waals surface area contributed by atoms with Crippen molar-refractivity contribution in [3.05, 3.63) is 60.6 Å². The summed E-state index contributed by atoms with van der Waals surface area (Å²) >= 11 is 0. The number of benzene rings is 1. The highest BCUT2D eigenvalue weighted by atomic mass is 16.2. The summed E-state index contributed by atoms with van der Waals surface area (Å²) in [5, 5.41) is 1.08. The maximum absolute atomic E-state index is 12.9. The smallest absolute Gasteiger partial charge is 0.254 e. The van der Waals surface area contributed by atoms with Crippen LogP contribution in [0.1, 0.15) is 29.6 Å².